The van der Waals surface area contributed by atoms with Crippen molar-refractivity contribution in [3.8, 4) is 0 Å². The topological polar surface area (TPSA) is 58.2 Å². The summed E-state index contributed by atoms with van der Waals surface area (Å²) in [4.78, 5) is 22.8. The molecule has 2 amide bonds. The third-order valence-corrected chi connectivity index (χ3v) is 2.63. The zero-order valence-corrected chi connectivity index (χ0v) is 11.3. The van der Waals surface area contributed by atoms with Crippen LogP contribution in [0.15, 0.2) is 18.2 Å². The molecular weight excluding hydrogens is 252 g/mol. The van der Waals surface area contributed by atoms with E-state index < -0.39 is 0 Å². The Morgan fingerprint density at radius 3 is 2.56 bits per heavy atom. The Labute approximate surface area is 112 Å². The Kier molecular flexibility index (Phi) is 5.65. The van der Waals surface area contributed by atoms with Crippen molar-refractivity contribution in [2.75, 3.05) is 16.5 Å². The van der Waals surface area contributed by atoms with Gasteiger partial charge in [0, 0.05) is 30.1 Å². The van der Waals surface area contributed by atoms with Gasteiger partial charge in [-0.2, -0.15) is 0 Å². The summed E-state index contributed by atoms with van der Waals surface area (Å²) in [5.41, 5.74) is 2.31. The molecule has 0 saturated heterocycles. The standard InChI is InChI=1S/C13H17ClN2O2/c1-3-12(17)15-10-5-4-9(2)11(8-10)16-13(18)6-7-14/h4-5,8H,3,6-7H2,1-2H3,(H,15,17)(H,16,18). The lowest BCUT2D eigenvalue weighted by Crippen LogP contribution is -2.14. The zero-order valence-electron chi connectivity index (χ0n) is 10.5. The Morgan fingerprint density at radius 2 is 1.94 bits per heavy atom. The largest absolute Gasteiger partial charge is 0.326 e. The molecule has 0 fully saturated rings. The Bertz CT molecular complexity index is 447. The molecule has 1 aromatic carbocycles. The quantitative estimate of drug-likeness (QED) is 0.807. The maximum absolute atomic E-state index is 11.5. The summed E-state index contributed by atoms with van der Waals surface area (Å²) < 4.78 is 0. The fraction of sp³-hybridized carbons (Fsp3) is 0.385. The van der Waals surface area contributed by atoms with Gasteiger partial charge in [0.05, 0.1) is 0 Å². The maximum atomic E-state index is 11.5. The SMILES string of the molecule is CCC(=O)Nc1ccc(C)c(NC(=O)CCCl)c1. The molecule has 18 heavy (non-hydrogen) atoms. The Balaban J connectivity index is 2.80. The van der Waals surface area contributed by atoms with Crippen LogP contribution in [0.3, 0.4) is 0 Å². The second-order valence-corrected chi connectivity index (χ2v) is 4.30. The van der Waals surface area contributed by atoms with Gasteiger partial charge in [0.15, 0.2) is 0 Å². The van der Waals surface area contributed by atoms with Gasteiger partial charge in [0.2, 0.25) is 11.8 Å². The number of nitrogens with one attached hydrogen (secondary N) is 2. The average Bonchev–Trinajstić information content (AvgIpc) is 2.33. The molecule has 0 aliphatic heterocycles. The summed E-state index contributed by atoms with van der Waals surface area (Å²) in [5, 5.41) is 5.52. The van der Waals surface area contributed by atoms with E-state index in [2.05, 4.69) is 10.6 Å². The van der Waals surface area contributed by atoms with Crippen molar-refractivity contribution < 1.29 is 9.59 Å². The number of benzene rings is 1. The van der Waals surface area contributed by atoms with E-state index in [1.165, 1.54) is 0 Å². The molecule has 5 heteroatoms. The van der Waals surface area contributed by atoms with E-state index in [4.69, 9.17) is 11.6 Å². The minimum Gasteiger partial charge on any atom is -0.326 e. The number of amides is 2. The second-order valence-electron chi connectivity index (χ2n) is 3.92. The van der Waals surface area contributed by atoms with Gasteiger partial charge in [-0.15, -0.1) is 11.6 Å². The number of hydrogen-bond acceptors (Lipinski definition) is 2. The summed E-state index contributed by atoms with van der Waals surface area (Å²) in [6.45, 7) is 3.68. The molecule has 2 N–H and O–H groups in total. The van der Waals surface area contributed by atoms with Crippen LogP contribution >= 0.6 is 11.6 Å². The fourth-order valence-corrected chi connectivity index (χ4v) is 1.55. The van der Waals surface area contributed by atoms with Crippen molar-refractivity contribution in [3.05, 3.63) is 23.8 Å². The molecule has 0 radical (unpaired) electrons. The summed E-state index contributed by atoms with van der Waals surface area (Å²) in [7, 11) is 0. The molecule has 0 aliphatic carbocycles. The van der Waals surface area contributed by atoms with Gasteiger partial charge in [-0.25, -0.2) is 0 Å². The van der Waals surface area contributed by atoms with Crippen LogP contribution in [0.4, 0.5) is 11.4 Å². The number of halogens is 1. The van der Waals surface area contributed by atoms with E-state index in [-0.39, 0.29) is 24.1 Å². The van der Waals surface area contributed by atoms with Gasteiger partial charge in [-0.05, 0) is 24.6 Å². The monoisotopic (exact) mass is 268 g/mol. The van der Waals surface area contributed by atoms with E-state index in [0.29, 0.717) is 17.8 Å². The van der Waals surface area contributed by atoms with E-state index >= 15 is 0 Å². The number of aryl methyl sites for hydroxylation is 1. The first-order chi connectivity index (χ1) is 8.56. The third kappa shape index (κ3) is 4.37. The van der Waals surface area contributed by atoms with E-state index in [1.54, 1.807) is 19.1 Å². The summed E-state index contributed by atoms with van der Waals surface area (Å²) in [5.74, 6) is 0.0981. The van der Waals surface area contributed by atoms with E-state index in [1.807, 2.05) is 13.0 Å². The number of anilines is 2. The van der Waals surface area contributed by atoms with Gasteiger partial charge in [0.1, 0.15) is 0 Å². The molecule has 4 nitrogen and oxygen atoms in total. The fourth-order valence-electron chi connectivity index (χ4n) is 1.38. The van der Waals surface area contributed by atoms with Crippen molar-refractivity contribution in [3.63, 3.8) is 0 Å². The number of carbonyl (C=O) groups excluding carboxylic acids is 2. The van der Waals surface area contributed by atoms with Crippen molar-refractivity contribution in [1.29, 1.82) is 0 Å². The maximum Gasteiger partial charge on any atom is 0.225 e. The predicted molar refractivity (Wildman–Crippen MR) is 74.1 cm³/mol. The normalized spacial score (nSPS) is 9.94. The number of alkyl halides is 1. The molecule has 0 unspecified atom stereocenters. The van der Waals surface area contributed by atoms with Crippen LogP contribution in [0.1, 0.15) is 25.3 Å². The number of hydrogen-bond donors (Lipinski definition) is 2. The van der Waals surface area contributed by atoms with Crippen LogP contribution < -0.4 is 10.6 Å². The summed E-state index contributed by atoms with van der Waals surface area (Å²) >= 11 is 5.50. The first kappa shape index (κ1) is 14.5. The Hall–Kier alpha value is -1.55. The molecule has 0 saturated carbocycles. The van der Waals surface area contributed by atoms with Crippen LogP contribution in [0.25, 0.3) is 0 Å². The summed E-state index contributed by atoms with van der Waals surface area (Å²) in [6, 6.07) is 5.40. The smallest absolute Gasteiger partial charge is 0.225 e. The molecule has 0 atom stereocenters. The lowest BCUT2D eigenvalue weighted by atomic mass is 10.1. The highest BCUT2D eigenvalue weighted by molar-refractivity contribution is 6.19. The second kappa shape index (κ2) is 7.01. The van der Waals surface area contributed by atoms with Crippen molar-refractivity contribution in [2.45, 2.75) is 26.7 Å². The van der Waals surface area contributed by atoms with Crippen molar-refractivity contribution in [1.82, 2.24) is 0 Å². The van der Waals surface area contributed by atoms with E-state index in [0.717, 1.165) is 5.56 Å². The molecule has 0 aliphatic rings. The number of carbonyl (C=O) groups is 2. The minimum absolute atomic E-state index is 0.0584. The highest BCUT2D eigenvalue weighted by Gasteiger charge is 2.06. The molecule has 1 aromatic rings. The first-order valence-corrected chi connectivity index (χ1v) is 6.36. The van der Waals surface area contributed by atoms with Gasteiger partial charge >= 0.3 is 0 Å². The molecule has 0 heterocycles. The lowest BCUT2D eigenvalue weighted by molar-refractivity contribution is -0.116. The van der Waals surface area contributed by atoms with Crippen LogP contribution in [0.2, 0.25) is 0 Å². The van der Waals surface area contributed by atoms with E-state index in [9.17, 15) is 9.59 Å². The van der Waals surface area contributed by atoms with Gasteiger partial charge in [-0.1, -0.05) is 13.0 Å². The molecule has 0 spiro atoms. The van der Waals surface area contributed by atoms with Gasteiger partial charge in [-0.3, -0.25) is 9.59 Å². The van der Waals surface area contributed by atoms with Gasteiger partial charge < -0.3 is 10.6 Å². The van der Waals surface area contributed by atoms with Crippen LogP contribution in [-0.4, -0.2) is 17.7 Å². The van der Waals surface area contributed by atoms with Gasteiger partial charge in [0.25, 0.3) is 0 Å². The average molecular weight is 269 g/mol. The number of rotatable bonds is 5. The van der Waals surface area contributed by atoms with Crippen LogP contribution in [0.5, 0.6) is 0 Å². The van der Waals surface area contributed by atoms with Crippen molar-refractivity contribution >= 4 is 34.8 Å². The summed E-state index contributed by atoms with van der Waals surface area (Å²) in [6.07, 6.45) is 0.689. The molecule has 98 valence electrons. The molecule has 0 aromatic heterocycles. The predicted octanol–water partition coefficient (Wildman–Crippen LogP) is 2.91. The molecule has 0 bridgehead atoms. The highest BCUT2D eigenvalue weighted by Crippen LogP contribution is 2.20. The zero-order chi connectivity index (χ0) is 13.5. The van der Waals surface area contributed by atoms with Crippen LogP contribution in [-0.2, 0) is 9.59 Å². The third-order valence-electron chi connectivity index (χ3n) is 2.44. The highest BCUT2D eigenvalue weighted by atomic mass is 35.5. The minimum atomic E-state index is -0.132. The Morgan fingerprint density at radius 1 is 1.22 bits per heavy atom. The lowest BCUT2D eigenvalue weighted by Gasteiger charge is -2.10. The van der Waals surface area contributed by atoms with Crippen LogP contribution in [0, 0.1) is 6.92 Å². The molecule has 1 rings (SSSR count). The van der Waals surface area contributed by atoms with Crippen molar-refractivity contribution in [2.24, 2.45) is 0 Å². The first-order valence-electron chi connectivity index (χ1n) is 5.83. The molecular formula is C13H17ClN2O2.